The molecular formula is C22H28N6O2S. The second kappa shape index (κ2) is 8.53. The van der Waals surface area contributed by atoms with Gasteiger partial charge in [-0.1, -0.05) is 18.1 Å². The van der Waals surface area contributed by atoms with E-state index in [0.717, 1.165) is 60.5 Å². The lowest BCUT2D eigenvalue weighted by molar-refractivity contribution is -0.116. The Balaban J connectivity index is 1.14. The summed E-state index contributed by atoms with van der Waals surface area (Å²) in [5.41, 5.74) is 2.71. The van der Waals surface area contributed by atoms with Gasteiger partial charge >= 0.3 is 6.03 Å². The topological polar surface area (TPSA) is 112 Å². The fourth-order valence-corrected chi connectivity index (χ4v) is 5.92. The molecule has 2 saturated heterocycles. The number of rotatable bonds is 8. The summed E-state index contributed by atoms with van der Waals surface area (Å²) in [7, 11) is 0. The van der Waals surface area contributed by atoms with Crippen molar-refractivity contribution in [3.63, 3.8) is 0 Å². The lowest BCUT2D eigenvalue weighted by Crippen LogP contribution is -2.36. The van der Waals surface area contributed by atoms with E-state index in [-0.39, 0.29) is 24.0 Å². The number of H-pyrrole nitrogens is 1. The van der Waals surface area contributed by atoms with Crippen molar-refractivity contribution in [2.24, 2.45) is 0 Å². The summed E-state index contributed by atoms with van der Waals surface area (Å²) in [6.45, 7) is 2.03. The largest absolute Gasteiger partial charge is 0.332 e. The number of aromatic nitrogens is 3. The van der Waals surface area contributed by atoms with E-state index in [1.807, 2.05) is 36.9 Å². The van der Waals surface area contributed by atoms with Crippen molar-refractivity contribution in [3.05, 3.63) is 29.6 Å². The number of anilines is 1. The monoisotopic (exact) mass is 440 g/mol. The van der Waals surface area contributed by atoms with Gasteiger partial charge in [0.15, 0.2) is 5.82 Å². The second-order valence-electron chi connectivity index (χ2n) is 8.78. The SMILES string of the molecule is Cc1ccc(NC(=O)CCCC[C@H]2SC[C@H]3NC(=O)N[C@H]32)c(-c2n[nH]c(C3CC3)n2)c1. The Hall–Kier alpha value is -2.55. The van der Waals surface area contributed by atoms with Crippen molar-refractivity contribution in [1.29, 1.82) is 0 Å². The molecule has 1 aliphatic carbocycles. The number of aromatic amines is 1. The molecule has 3 atom stereocenters. The molecular weight excluding hydrogens is 412 g/mol. The van der Waals surface area contributed by atoms with E-state index >= 15 is 0 Å². The van der Waals surface area contributed by atoms with Crippen LogP contribution in [0.3, 0.4) is 0 Å². The molecule has 9 heteroatoms. The normalized spacial score (nSPS) is 24.5. The van der Waals surface area contributed by atoms with Crippen molar-refractivity contribution < 1.29 is 9.59 Å². The molecule has 3 aliphatic rings. The number of urea groups is 1. The Kier molecular flexibility index (Phi) is 5.60. The number of thioether (sulfide) groups is 1. The Morgan fingerprint density at radius 3 is 2.97 bits per heavy atom. The summed E-state index contributed by atoms with van der Waals surface area (Å²) in [6, 6.07) is 6.37. The number of unbranched alkanes of at least 4 members (excludes halogenated alkanes) is 1. The highest BCUT2D eigenvalue weighted by molar-refractivity contribution is 8.00. The number of nitrogens with zero attached hydrogens (tertiary/aromatic N) is 2. The van der Waals surface area contributed by atoms with Crippen LogP contribution in [0.25, 0.3) is 11.4 Å². The lowest BCUT2D eigenvalue weighted by Gasteiger charge is -2.16. The summed E-state index contributed by atoms with van der Waals surface area (Å²) in [4.78, 5) is 28.7. The molecule has 1 saturated carbocycles. The van der Waals surface area contributed by atoms with E-state index in [4.69, 9.17) is 0 Å². The van der Waals surface area contributed by atoms with Gasteiger partial charge < -0.3 is 16.0 Å². The highest BCUT2D eigenvalue weighted by atomic mass is 32.2. The first kappa shape index (κ1) is 20.4. The minimum atomic E-state index is -0.0516. The van der Waals surface area contributed by atoms with Gasteiger partial charge in [-0.15, -0.1) is 0 Å². The van der Waals surface area contributed by atoms with Gasteiger partial charge in [-0.2, -0.15) is 16.9 Å². The van der Waals surface area contributed by atoms with Crippen LogP contribution in [0.15, 0.2) is 18.2 Å². The van der Waals surface area contributed by atoms with Gasteiger partial charge in [0.2, 0.25) is 5.91 Å². The predicted octanol–water partition coefficient (Wildman–Crippen LogP) is 3.32. The third-order valence-electron chi connectivity index (χ3n) is 6.24. The molecule has 164 valence electrons. The molecule has 4 N–H and O–H groups in total. The van der Waals surface area contributed by atoms with Crippen LogP contribution in [0.2, 0.25) is 0 Å². The third kappa shape index (κ3) is 4.56. The van der Waals surface area contributed by atoms with Crippen molar-refractivity contribution in [2.45, 2.75) is 68.7 Å². The summed E-state index contributed by atoms with van der Waals surface area (Å²) in [5, 5.41) is 16.9. The van der Waals surface area contributed by atoms with E-state index in [0.29, 0.717) is 23.4 Å². The highest BCUT2D eigenvalue weighted by Crippen LogP contribution is 2.39. The first-order valence-corrected chi connectivity index (χ1v) is 12.1. The van der Waals surface area contributed by atoms with Crippen LogP contribution < -0.4 is 16.0 Å². The zero-order valence-electron chi connectivity index (χ0n) is 17.6. The number of nitrogens with one attached hydrogen (secondary N) is 4. The molecule has 0 radical (unpaired) electrons. The fourth-order valence-electron chi connectivity index (χ4n) is 4.37. The van der Waals surface area contributed by atoms with Crippen LogP contribution in [0.4, 0.5) is 10.5 Å². The lowest BCUT2D eigenvalue weighted by atomic mass is 10.0. The summed E-state index contributed by atoms with van der Waals surface area (Å²) in [5.74, 6) is 3.06. The molecule has 0 bridgehead atoms. The van der Waals surface area contributed by atoms with Crippen molar-refractivity contribution in [1.82, 2.24) is 25.8 Å². The quantitative estimate of drug-likeness (QED) is 0.372. The van der Waals surface area contributed by atoms with E-state index in [1.165, 1.54) is 0 Å². The molecule has 2 aliphatic heterocycles. The van der Waals surface area contributed by atoms with Crippen molar-refractivity contribution >= 4 is 29.4 Å². The Labute approximate surface area is 185 Å². The standard InChI is InChI=1S/C22H28N6O2S/c1-12-6-9-15(14(10-12)21-26-20(27-28-21)13-7-8-13)23-18(29)5-3-2-4-17-19-16(11-31-17)24-22(30)25-19/h6,9-10,13,16-17,19H,2-5,7-8,11H2,1H3,(H,23,29)(H2,24,25,30)(H,26,27,28)/t16-,17-,19-/m1/s1. The molecule has 3 heterocycles. The zero-order valence-corrected chi connectivity index (χ0v) is 18.4. The first-order valence-electron chi connectivity index (χ1n) is 11.1. The number of benzene rings is 1. The molecule has 8 nitrogen and oxygen atoms in total. The maximum atomic E-state index is 12.6. The predicted molar refractivity (Wildman–Crippen MR) is 121 cm³/mol. The zero-order chi connectivity index (χ0) is 21.4. The van der Waals surface area contributed by atoms with Gasteiger partial charge in [-0.3, -0.25) is 9.89 Å². The van der Waals surface area contributed by atoms with Gasteiger partial charge in [-0.25, -0.2) is 9.78 Å². The maximum Gasteiger partial charge on any atom is 0.315 e. The van der Waals surface area contributed by atoms with Crippen molar-refractivity contribution in [2.75, 3.05) is 11.1 Å². The molecule has 5 rings (SSSR count). The van der Waals surface area contributed by atoms with Crippen LogP contribution >= 0.6 is 11.8 Å². The minimum Gasteiger partial charge on any atom is -0.332 e. The molecule has 0 unspecified atom stereocenters. The van der Waals surface area contributed by atoms with Crippen LogP contribution in [-0.4, -0.2) is 50.2 Å². The molecule has 3 fully saturated rings. The fraction of sp³-hybridized carbons (Fsp3) is 0.545. The molecule has 1 aromatic heterocycles. The van der Waals surface area contributed by atoms with Gasteiger partial charge in [0.05, 0.1) is 17.8 Å². The van der Waals surface area contributed by atoms with Gasteiger partial charge in [-0.05, 0) is 44.7 Å². The van der Waals surface area contributed by atoms with Crippen LogP contribution in [0, 0.1) is 6.92 Å². The summed E-state index contributed by atoms with van der Waals surface area (Å²) < 4.78 is 0. The number of carbonyl (C=O) groups excluding carboxylic acids is 2. The Bertz CT molecular complexity index is 988. The van der Waals surface area contributed by atoms with E-state index < -0.39 is 0 Å². The van der Waals surface area contributed by atoms with Crippen LogP contribution in [0.5, 0.6) is 0 Å². The summed E-state index contributed by atoms with van der Waals surface area (Å²) >= 11 is 1.91. The number of amides is 3. The Morgan fingerprint density at radius 2 is 2.13 bits per heavy atom. The van der Waals surface area contributed by atoms with E-state index in [1.54, 1.807) is 0 Å². The molecule has 2 aromatic rings. The van der Waals surface area contributed by atoms with Crippen LogP contribution in [-0.2, 0) is 4.79 Å². The van der Waals surface area contributed by atoms with E-state index in [2.05, 4.69) is 31.1 Å². The molecule has 31 heavy (non-hydrogen) atoms. The summed E-state index contributed by atoms with van der Waals surface area (Å²) in [6.07, 6.45) is 5.61. The number of hydrogen-bond acceptors (Lipinski definition) is 5. The van der Waals surface area contributed by atoms with Gasteiger partial charge in [0, 0.05) is 28.9 Å². The van der Waals surface area contributed by atoms with Crippen LogP contribution in [0.1, 0.15) is 55.8 Å². The minimum absolute atomic E-state index is 0.0100. The third-order valence-corrected chi connectivity index (χ3v) is 7.75. The Morgan fingerprint density at radius 1 is 1.26 bits per heavy atom. The number of hydrogen-bond donors (Lipinski definition) is 4. The first-order chi connectivity index (χ1) is 15.1. The second-order valence-corrected chi connectivity index (χ2v) is 10.1. The van der Waals surface area contributed by atoms with Gasteiger partial charge in [0.1, 0.15) is 5.82 Å². The smallest absolute Gasteiger partial charge is 0.315 e. The maximum absolute atomic E-state index is 12.6. The van der Waals surface area contributed by atoms with E-state index in [9.17, 15) is 9.59 Å². The average Bonchev–Trinajstić information content (AvgIpc) is 3.18. The number of fused-ring (bicyclic) bond motifs is 1. The average molecular weight is 441 g/mol. The number of carbonyl (C=O) groups is 2. The molecule has 1 aromatic carbocycles. The number of aryl methyl sites for hydroxylation is 1. The van der Waals surface area contributed by atoms with Gasteiger partial charge in [0.25, 0.3) is 0 Å². The molecule has 3 amide bonds. The molecule has 0 spiro atoms. The van der Waals surface area contributed by atoms with Crippen molar-refractivity contribution in [3.8, 4) is 11.4 Å². The highest BCUT2D eigenvalue weighted by Gasteiger charge is 2.42.